The number of nitrogens with zero attached hydrogens (tertiary/aromatic N) is 1. The fourth-order valence-electron chi connectivity index (χ4n) is 7.35. The summed E-state index contributed by atoms with van der Waals surface area (Å²) in [5, 5.41) is 0. The number of hydrogen-bond acceptors (Lipinski definition) is 4. The Bertz CT molecular complexity index is 790. The zero-order valence-electron chi connectivity index (χ0n) is 22.4. The lowest BCUT2D eigenvalue weighted by molar-refractivity contribution is -0.165. The molecule has 200 valence electrons. The maximum Gasteiger partial charge on any atom is 0.329 e. The number of hydrogen-bond donors (Lipinski definition) is 1. The van der Waals surface area contributed by atoms with Crippen molar-refractivity contribution in [3.05, 3.63) is 35.9 Å². The Labute approximate surface area is 218 Å². The summed E-state index contributed by atoms with van der Waals surface area (Å²) in [4.78, 5) is 30.0. The van der Waals surface area contributed by atoms with Gasteiger partial charge in [-0.3, -0.25) is 4.79 Å². The number of carbonyl (C=O) groups is 2. The van der Waals surface area contributed by atoms with Crippen molar-refractivity contribution in [2.75, 3.05) is 0 Å². The van der Waals surface area contributed by atoms with E-state index in [0.29, 0.717) is 11.8 Å². The van der Waals surface area contributed by atoms with Crippen molar-refractivity contribution in [2.45, 2.75) is 128 Å². The van der Waals surface area contributed by atoms with Gasteiger partial charge in [0.25, 0.3) is 0 Å². The predicted octanol–water partition coefficient (Wildman–Crippen LogP) is 6.38. The smallest absolute Gasteiger partial charge is 0.329 e. The molecule has 3 aliphatic rings. The van der Waals surface area contributed by atoms with E-state index in [9.17, 15) is 9.59 Å². The molecule has 0 saturated heterocycles. The summed E-state index contributed by atoms with van der Waals surface area (Å²) in [7, 11) is 0. The van der Waals surface area contributed by atoms with Crippen LogP contribution in [-0.2, 0) is 20.9 Å². The molecule has 0 radical (unpaired) electrons. The largest absolute Gasteiger partial charge is 0.459 e. The molecule has 1 aromatic rings. The first-order valence-corrected chi connectivity index (χ1v) is 14.8. The van der Waals surface area contributed by atoms with Gasteiger partial charge in [0.05, 0.1) is 6.04 Å². The fraction of sp³-hybridized carbons (Fsp3) is 0.742. The number of esters is 1. The Morgan fingerprint density at radius 1 is 0.833 bits per heavy atom. The Morgan fingerprint density at radius 3 is 1.83 bits per heavy atom. The lowest BCUT2D eigenvalue weighted by Crippen LogP contribution is -2.60. The average Bonchev–Trinajstić information content (AvgIpc) is 2.93. The highest BCUT2D eigenvalue weighted by molar-refractivity contribution is 5.88. The molecule has 5 nitrogen and oxygen atoms in total. The highest BCUT2D eigenvalue weighted by Gasteiger charge is 2.47. The normalized spacial score (nSPS) is 22.2. The Hall–Kier alpha value is -1.88. The summed E-state index contributed by atoms with van der Waals surface area (Å²) in [6.45, 7) is 2.03. The van der Waals surface area contributed by atoms with Crippen LogP contribution in [0.15, 0.2) is 30.3 Å². The standard InChI is InChI=1S/C31H48N2O3/c1-23(32)30(34)33(27-20-12-5-13-21-27)29(31(35)36-22-24-14-6-2-7-15-24)28(25-16-8-3-9-17-25)26-18-10-4-11-19-26/h2,6-7,14-15,23,25-29H,3-5,8-13,16-22,32H2,1H3/t23-,29+/m1/s1. The van der Waals surface area contributed by atoms with Gasteiger partial charge < -0.3 is 15.4 Å². The monoisotopic (exact) mass is 496 g/mol. The molecule has 4 rings (SSSR count). The molecule has 2 atom stereocenters. The van der Waals surface area contributed by atoms with Gasteiger partial charge in [-0.25, -0.2) is 4.79 Å². The van der Waals surface area contributed by atoms with Gasteiger partial charge in [0.15, 0.2) is 0 Å². The van der Waals surface area contributed by atoms with Gasteiger partial charge in [-0.2, -0.15) is 0 Å². The zero-order chi connectivity index (χ0) is 25.3. The van der Waals surface area contributed by atoms with E-state index in [4.69, 9.17) is 10.5 Å². The molecule has 3 fully saturated rings. The van der Waals surface area contributed by atoms with Crippen molar-refractivity contribution in [3.63, 3.8) is 0 Å². The lowest BCUT2D eigenvalue weighted by Gasteiger charge is -2.48. The van der Waals surface area contributed by atoms with Gasteiger partial charge in [0.2, 0.25) is 5.91 Å². The summed E-state index contributed by atoms with van der Waals surface area (Å²) in [5.41, 5.74) is 7.25. The minimum Gasteiger partial charge on any atom is -0.459 e. The van der Waals surface area contributed by atoms with E-state index < -0.39 is 12.1 Å². The molecule has 1 aromatic carbocycles. The molecule has 0 bridgehead atoms. The highest BCUT2D eigenvalue weighted by atomic mass is 16.5. The molecule has 0 unspecified atom stereocenters. The van der Waals surface area contributed by atoms with E-state index in [2.05, 4.69) is 0 Å². The molecule has 36 heavy (non-hydrogen) atoms. The topological polar surface area (TPSA) is 72.6 Å². The first kappa shape index (κ1) is 27.2. The second-order valence-corrected chi connectivity index (χ2v) is 11.7. The van der Waals surface area contributed by atoms with E-state index >= 15 is 0 Å². The Balaban J connectivity index is 1.71. The van der Waals surface area contributed by atoms with Crippen LogP contribution >= 0.6 is 0 Å². The molecular weight excluding hydrogens is 448 g/mol. The zero-order valence-corrected chi connectivity index (χ0v) is 22.4. The van der Waals surface area contributed by atoms with Gasteiger partial charge in [0.1, 0.15) is 12.6 Å². The number of amides is 1. The first-order valence-electron chi connectivity index (χ1n) is 14.8. The van der Waals surface area contributed by atoms with Crippen LogP contribution in [-0.4, -0.2) is 34.9 Å². The van der Waals surface area contributed by atoms with Gasteiger partial charge >= 0.3 is 5.97 Å². The van der Waals surface area contributed by atoms with Gasteiger partial charge in [-0.15, -0.1) is 0 Å². The molecule has 0 spiro atoms. The SMILES string of the molecule is C[C@@H](N)C(=O)N(C1CCCCC1)[C@H](C(=O)OCc1ccccc1)C(C1CCCCC1)C1CCCCC1. The summed E-state index contributed by atoms with van der Waals surface area (Å²) in [6, 6.07) is 8.85. The number of benzene rings is 1. The van der Waals surface area contributed by atoms with Crippen molar-refractivity contribution in [3.8, 4) is 0 Å². The minimum absolute atomic E-state index is 0.0693. The molecule has 0 aliphatic heterocycles. The van der Waals surface area contributed by atoms with Crippen molar-refractivity contribution >= 4 is 11.9 Å². The molecule has 2 N–H and O–H groups in total. The maximum absolute atomic E-state index is 14.2. The number of rotatable bonds is 9. The minimum atomic E-state index is -0.616. The van der Waals surface area contributed by atoms with Gasteiger partial charge in [0, 0.05) is 6.04 Å². The summed E-state index contributed by atoms with van der Waals surface area (Å²) < 4.78 is 6.08. The molecule has 0 aromatic heterocycles. The van der Waals surface area contributed by atoms with E-state index in [1.54, 1.807) is 6.92 Å². The van der Waals surface area contributed by atoms with Crippen LogP contribution in [0.25, 0.3) is 0 Å². The van der Waals surface area contributed by atoms with Crippen molar-refractivity contribution in [1.82, 2.24) is 4.90 Å². The highest BCUT2D eigenvalue weighted by Crippen LogP contribution is 2.44. The van der Waals surface area contributed by atoms with E-state index in [-0.39, 0.29) is 30.4 Å². The molecule has 1 amide bonds. The van der Waals surface area contributed by atoms with Crippen LogP contribution in [0.2, 0.25) is 0 Å². The summed E-state index contributed by atoms with van der Waals surface area (Å²) in [5.74, 6) is 0.837. The third-order valence-corrected chi connectivity index (χ3v) is 9.13. The molecule has 0 heterocycles. The first-order chi connectivity index (χ1) is 17.6. The van der Waals surface area contributed by atoms with E-state index in [1.807, 2.05) is 35.2 Å². The van der Waals surface area contributed by atoms with Crippen LogP contribution in [0.5, 0.6) is 0 Å². The van der Waals surface area contributed by atoms with Crippen LogP contribution in [0, 0.1) is 17.8 Å². The maximum atomic E-state index is 14.2. The van der Waals surface area contributed by atoms with Crippen LogP contribution in [0.1, 0.15) is 109 Å². The third kappa shape index (κ3) is 6.90. The number of ether oxygens (including phenoxy) is 1. The second kappa shape index (κ2) is 13.6. The average molecular weight is 497 g/mol. The number of nitrogens with two attached hydrogens (primary N) is 1. The van der Waals surface area contributed by atoms with E-state index in [0.717, 1.165) is 56.9 Å². The molecule has 3 saturated carbocycles. The predicted molar refractivity (Wildman–Crippen MR) is 144 cm³/mol. The van der Waals surface area contributed by atoms with Crippen LogP contribution in [0.3, 0.4) is 0 Å². The molecule has 3 aliphatic carbocycles. The van der Waals surface area contributed by atoms with Crippen molar-refractivity contribution in [1.29, 1.82) is 0 Å². The Kier molecular flexibility index (Phi) is 10.3. The van der Waals surface area contributed by atoms with Gasteiger partial charge in [-0.1, -0.05) is 114 Å². The quantitative estimate of drug-likeness (QED) is 0.402. The van der Waals surface area contributed by atoms with Crippen molar-refractivity contribution < 1.29 is 14.3 Å². The number of carbonyl (C=O) groups excluding carboxylic acids is 2. The summed E-state index contributed by atoms with van der Waals surface area (Å²) in [6.07, 6.45) is 17.5. The summed E-state index contributed by atoms with van der Waals surface area (Å²) >= 11 is 0. The van der Waals surface area contributed by atoms with E-state index in [1.165, 1.54) is 44.9 Å². The fourth-order valence-corrected chi connectivity index (χ4v) is 7.35. The molecular formula is C31H48N2O3. The third-order valence-electron chi connectivity index (χ3n) is 9.13. The lowest BCUT2D eigenvalue weighted by atomic mass is 9.66. The van der Waals surface area contributed by atoms with Crippen molar-refractivity contribution in [2.24, 2.45) is 23.5 Å². The van der Waals surface area contributed by atoms with Gasteiger partial charge in [-0.05, 0) is 43.1 Å². The molecule has 5 heteroatoms. The van der Waals surface area contributed by atoms with Crippen LogP contribution in [0.4, 0.5) is 0 Å². The second-order valence-electron chi connectivity index (χ2n) is 11.7. The van der Waals surface area contributed by atoms with Crippen LogP contribution < -0.4 is 5.73 Å². The Morgan fingerprint density at radius 2 is 1.33 bits per heavy atom.